The Balaban J connectivity index is 2.94. The van der Waals surface area contributed by atoms with Crippen molar-refractivity contribution in [3.05, 3.63) is 35.1 Å². The molecule has 0 radical (unpaired) electrons. The molecule has 3 heteroatoms. The summed E-state index contributed by atoms with van der Waals surface area (Å²) in [6.07, 6.45) is 0. The zero-order valence-corrected chi connectivity index (χ0v) is 9.42. The quantitative estimate of drug-likeness (QED) is 0.601. The van der Waals surface area contributed by atoms with Gasteiger partial charge in [0.05, 0.1) is 0 Å². The van der Waals surface area contributed by atoms with E-state index in [1.807, 2.05) is 6.92 Å². The van der Waals surface area contributed by atoms with Crippen LogP contribution in [0.4, 0.5) is 4.39 Å². The molecule has 0 fully saturated rings. The lowest BCUT2D eigenvalue weighted by Crippen LogP contribution is -2.16. The van der Waals surface area contributed by atoms with E-state index in [1.165, 1.54) is 12.1 Å². The van der Waals surface area contributed by atoms with Crippen molar-refractivity contribution in [2.24, 2.45) is 16.6 Å². The maximum Gasteiger partial charge on any atom is 0.126 e. The first-order chi connectivity index (χ1) is 7.00. The summed E-state index contributed by atoms with van der Waals surface area (Å²) in [5.41, 5.74) is 7.43. The monoisotopic (exact) mass is 208 g/mol. The first-order valence-corrected chi connectivity index (χ1v) is 5.07. The summed E-state index contributed by atoms with van der Waals surface area (Å²) in [4.78, 5) is 4.22. The van der Waals surface area contributed by atoms with Crippen LogP contribution in [0, 0.1) is 18.7 Å². The van der Waals surface area contributed by atoms with E-state index < -0.39 is 0 Å². The van der Waals surface area contributed by atoms with Crippen LogP contribution in [0.1, 0.15) is 25.0 Å². The molecule has 2 nitrogen and oxygen atoms in total. The van der Waals surface area contributed by atoms with Gasteiger partial charge >= 0.3 is 0 Å². The van der Waals surface area contributed by atoms with Gasteiger partial charge in [-0.3, -0.25) is 4.99 Å². The molecule has 82 valence electrons. The van der Waals surface area contributed by atoms with E-state index in [0.29, 0.717) is 23.9 Å². The van der Waals surface area contributed by atoms with Gasteiger partial charge in [-0.25, -0.2) is 4.39 Å². The van der Waals surface area contributed by atoms with Crippen molar-refractivity contribution in [2.45, 2.75) is 20.8 Å². The molecule has 0 aliphatic carbocycles. The fraction of sp³-hybridized carbons (Fsp3) is 0.417. The van der Waals surface area contributed by atoms with E-state index in [0.717, 1.165) is 5.56 Å². The lowest BCUT2D eigenvalue weighted by Gasteiger charge is -2.06. The van der Waals surface area contributed by atoms with Crippen molar-refractivity contribution in [3.63, 3.8) is 0 Å². The Kier molecular flexibility index (Phi) is 3.83. The maximum atomic E-state index is 13.0. The first-order valence-electron chi connectivity index (χ1n) is 5.07. The molecule has 1 rings (SSSR count). The van der Waals surface area contributed by atoms with Crippen molar-refractivity contribution >= 4 is 5.84 Å². The highest BCUT2D eigenvalue weighted by atomic mass is 19.1. The second-order valence-corrected chi connectivity index (χ2v) is 4.08. The SMILES string of the molecule is Cc1ccc(F)cc1C(N)=NCC(C)C. The Morgan fingerprint density at radius 2 is 2.13 bits per heavy atom. The summed E-state index contributed by atoms with van der Waals surface area (Å²) in [6, 6.07) is 4.56. The Bertz CT molecular complexity index is 370. The molecule has 2 N–H and O–H groups in total. The van der Waals surface area contributed by atoms with E-state index in [-0.39, 0.29) is 5.82 Å². The van der Waals surface area contributed by atoms with Crippen molar-refractivity contribution < 1.29 is 4.39 Å². The van der Waals surface area contributed by atoms with E-state index in [4.69, 9.17) is 5.73 Å². The molecule has 1 aromatic carbocycles. The number of aryl methyl sites for hydroxylation is 1. The molecule has 0 amide bonds. The fourth-order valence-electron chi connectivity index (χ4n) is 1.24. The van der Waals surface area contributed by atoms with Crippen LogP contribution in [-0.4, -0.2) is 12.4 Å². The molecule has 0 unspecified atom stereocenters. The van der Waals surface area contributed by atoms with Gasteiger partial charge in [0.25, 0.3) is 0 Å². The smallest absolute Gasteiger partial charge is 0.126 e. The second-order valence-electron chi connectivity index (χ2n) is 4.08. The fourth-order valence-corrected chi connectivity index (χ4v) is 1.24. The number of amidine groups is 1. The van der Waals surface area contributed by atoms with Crippen molar-refractivity contribution in [1.29, 1.82) is 0 Å². The Hall–Kier alpha value is -1.38. The van der Waals surface area contributed by atoms with Gasteiger partial charge in [-0.05, 0) is 30.5 Å². The predicted octanol–water partition coefficient (Wildman–Crippen LogP) is 2.50. The molecule has 0 aromatic heterocycles. The van der Waals surface area contributed by atoms with Crippen LogP contribution in [0.15, 0.2) is 23.2 Å². The van der Waals surface area contributed by atoms with E-state index in [9.17, 15) is 4.39 Å². The Labute approximate surface area is 90.0 Å². The first kappa shape index (κ1) is 11.7. The van der Waals surface area contributed by atoms with Gasteiger partial charge < -0.3 is 5.73 Å². The predicted molar refractivity (Wildman–Crippen MR) is 61.6 cm³/mol. The Morgan fingerprint density at radius 1 is 1.47 bits per heavy atom. The maximum absolute atomic E-state index is 13.0. The molecule has 0 heterocycles. The minimum absolute atomic E-state index is 0.279. The van der Waals surface area contributed by atoms with Crippen LogP contribution >= 0.6 is 0 Å². The van der Waals surface area contributed by atoms with Gasteiger partial charge in [0, 0.05) is 12.1 Å². The average molecular weight is 208 g/mol. The third-order valence-corrected chi connectivity index (χ3v) is 2.10. The van der Waals surface area contributed by atoms with Crippen LogP contribution in [0.25, 0.3) is 0 Å². The van der Waals surface area contributed by atoms with Gasteiger partial charge in [0.2, 0.25) is 0 Å². The van der Waals surface area contributed by atoms with Crippen LogP contribution in [0.5, 0.6) is 0 Å². The summed E-state index contributed by atoms with van der Waals surface area (Å²) >= 11 is 0. The third kappa shape index (κ3) is 3.35. The highest BCUT2D eigenvalue weighted by molar-refractivity contribution is 5.98. The summed E-state index contributed by atoms with van der Waals surface area (Å²) in [6.45, 7) is 6.69. The highest BCUT2D eigenvalue weighted by Crippen LogP contribution is 2.10. The molecule has 0 aliphatic heterocycles. The van der Waals surface area contributed by atoms with Crippen molar-refractivity contribution in [1.82, 2.24) is 0 Å². The van der Waals surface area contributed by atoms with Crippen LogP contribution in [-0.2, 0) is 0 Å². The number of nitrogens with two attached hydrogens (primary N) is 1. The molecular weight excluding hydrogens is 191 g/mol. The van der Waals surface area contributed by atoms with Crippen molar-refractivity contribution in [2.75, 3.05) is 6.54 Å². The normalized spacial score (nSPS) is 12.2. The van der Waals surface area contributed by atoms with Gasteiger partial charge in [0.15, 0.2) is 0 Å². The lowest BCUT2D eigenvalue weighted by atomic mass is 10.1. The zero-order chi connectivity index (χ0) is 11.4. The number of hydrogen-bond acceptors (Lipinski definition) is 1. The minimum atomic E-state index is -0.279. The van der Waals surface area contributed by atoms with Crippen LogP contribution in [0.2, 0.25) is 0 Å². The van der Waals surface area contributed by atoms with E-state index >= 15 is 0 Å². The number of hydrogen-bond donors (Lipinski definition) is 1. The summed E-state index contributed by atoms with van der Waals surface area (Å²) in [5.74, 6) is 0.594. The molecule has 1 aromatic rings. The number of benzene rings is 1. The molecule has 0 spiro atoms. The number of halogens is 1. The van der Waals surface area contributed by atoms with Gasteiger partial charge in [-0.15, -0.1) is 0 Å². The number of rotatable bonds is 3. The van der Waals surface area contributed by atoms with Crippen LogP contribution in [0.3, 0.4) is 0 Å². The summed E-state index contributed by atoms with van der Waals surface area (Å²) in [5, 5.41) is 0. The summed E-state index contributed by atoms with van der Waals surface area (Å²) in [7, 11) is 0. The van der Waals surface area contributed by atoms with E-state index in [1.54, 1.807) is 6.07 Å². The molecule has 0 aliphatic rings. The van der Waals surface area contributed by atoms with E-state index in [2.05, 4.69) is 18.8 Å². The summed E-state index contributed by atoms with van der Waals surface area (Å²) < 4.78 is 13.0. The second kappa shape index (κ2) is 4.91. The zero-order valence-electron chi connectivity index (χ0n) is 9.42. The molecular formula is C12H17FN2. The minimum Gasteiger partial charge on any atom is -0.383 e. The molecule has 15 heavy (non-hydrogen) atoms. The lowest BCUT2D eigenvalue weighted by molar-refractivity contribution is 0.627. The van der Waals surface area contributed by atoms with Gasteiger partial charge in [-0.1, -0.05) is 19.9 Å². The van der Waals surface area contributed by atoms with Gasteiger partial charge in [0.1, 0.15) is 11.7 Å². The highest BCUT2D eigenvalue weighted by Gasteiger charge is 2.04. The van der Waals surface area contributed by atoms with Gasteiger partial charge in [-0.2, -0.15) is 0 Å². The number of nitrogens with zero attached hydrogens (tertiary/aromatic N) is 1. The topological polar surface area (TPSA) is 38.4 Å². The molecule has 0 saturated carbocycles. The standard InChI is InChI=1S/C12H17FN2/c1-8(2)7-15-12(14)11-6-10(13)5-4-9(11)3/h4-6,8H,7H2,1-3H3,(H2,14,15). The average Bonchev–Trinajstić information content (AvgIpc) is 2.18. The third-order valence-electron chi connectivity index (χ3n) is 2.10. The molecule has 0 bridgehead atoms. The molecule has 0 saturated heterocycles. The van der Waals surface area contributed by atoms with Crippen LogP contribution < -0.4 is 5.73 Å². The Morgan fingerprint density at radius 3 is 2.73 bits per heavy atom. The van der Waals surface area contributed by atoms with Crippen molar-refractivity contribution in [3.8, 4) is 0 Å². The largest absolute Gasteiger partial charge is 0.383 e. The molecule has 0 atom stereocenters. The number of aliphatic imine (C=N–C) groups is 1.